The average Bonchev–Trinajstić information content (AvgIpc) is 2.82. The van der Waals surface area contributed by atoms with Gasteiger partial charge in [0.25, 0.3) is 0 Å². The molecule has 0 aliphatic heterocycles. The van der Waals surface area contributed by atoms with E-state index in [4.69, 9.17) is 11.6 Å². The molecule has 1 fully saturated rings. The number of hydrazine groups is 1. The largest absolute Gasteiger partial charge is 0.382 e. The lowest BCUT2D eigenvalue weighted by molar-refractivity contribution is -0.127. The summed E-state index contributed by atoms with van der Waals surface area (Å²) in [5.74, 6) is 5.04. The van der Waals surface area contributed by atoms with Gasteiger partial charge >= 0.3 is 0 Å². The van der Waals surface area contributed by atoms with Gasteiger partial charge < -0.3 is 10.8 Å². The van der Waals surface area contributed by atoms with E-state index < -0.39 is 18.1 Å². The predicted octanol–water partition coefficient (Wildman–Crippen LogP) is -1.54. The highest BCUT2D eigenvalue weighted by atomic mass is 16.3. The fraction of sp³-hybridized carbons (Fsp3) is 0.857. The Kier molecular flexibility index (Phi) is 3.02. The summed E-state index contributed by atoms with van der Waals surface area (Å²) in [6.07, 6.45) is 1.86. The van der Waals surface area contributed by atoms with Crippen molar-refractivity contribution in [1.82, 2.24) is 5.43 Å². The van der Waals surface area contributed by atoms with Crippen LogP contribution in [0, 0.1) is 5.92 Å². The molecule has 1 amide bonds. The van der Waals surface area contributed by atoms with Crippen molar-refractivity contribution >= 4 is 5.91 Å². The minimum absolute atomic E-state index is 0.394. The molecule has 1 aliphatic carbocycles. The Bertz CT molecular complexity index is 170. The lowest BCUT2D eigenvalue weighted by atomic mass is 10.0. The number of carbonyl (C=O) groups excluding carboxylic acids is 1. The van der Waals surface area contributed by atoms with Crippen LogP contribution in [-0.4, -0.2) is 23.2 Å². The third kappa shape index (κ3) is 2.44. The number of primary amides is 1. The number of aliphatic hydroxyl groups is 1. The molecule has 0 aromatic rings. The molecule has 2 unspecified atom stereocenters. The Hall–Kier alpha value is -0.650. The summed E-state index contributed by atoms with van der Waals surface area (Å²) in [6.45, 7) is 0. The third-order valence-corrected chi connectivity index (χ3v) is 2.17. The van der Waals surface area contributed by atoms with E-state index in [9.17, 15) is 9.90 Å². The maximum Gasteiger partial charge on any atom is 0.247 e. The standard InChI is InChI=1S/C7H15N3O2/c8-7(12)6(11)5(10-9)3-4-1-2-4/h4-6,10-11H,1-3,9H2,(H2,8,12). The molecule has 1 rings (SSSR count). The van der Waals surface area contributed by atoms with Crippen LogP contribution >= 0.6 is 0 Å². The molecule has 6 N–H and O–H groups in total. The van der Waals surface area contributed by atoms with Crippen molar-refractivity contribution in [2.75, 3.05) is 0 Å². The van der Waals surface area contributed by atoms with Gasteiger partial charge in [-0.15, -0.1) is 0 Å². The van der Waals surface area contributed by atoms with Crippen molar-refractivity contribution < 1.29 is 9.90 Å². The molecular formula is C7H15N3O2. The molecule has 5 nitrogen and oxygen atoms in total. The van der Waals surface area contributed by atoms with Crippen LogP contribution in [0.2, 0.25) is 0 Å². The molecule has 2 atom stereocenters. The highest BCUT2D eigenvalue weighted by molar-refractivity contribution is 5.79. The van der Waals surface area contributed by atoms with Gasteiger partial charge in [-0.1, -0.05) is 12.8 Å². The number of carbonyl (C=O) groups is 1. The van der Waals surface area contributed by atoms with Gasteiger partial charge in [0.2, 0.25) is 5.91 Å². The van der Waals surface area contributed by atoms with Gasteiger partial charge in [0.1, 0.15) is 6.10 Å². The van der Waals surface area contributed by atoms with Crippen molar-refractivity contribution in [3.63, 3.8) is 0 Å². The van der Waals surface area contributed by atoms with Crippen LogP contribution in [0.4, 0.5) is 0 Å². The van der Waals surface area contributed by atoms with E-state index in [1.165, 1.54) is 0 Å². The number of amides is 1. The van der Waals surface area contributed by atoms with Gasteiger partial charge in [-0.2, -0.15) is 0 Å². The molecule has 1 aliphatic rings. The molecule has 0 aromatic carbocycles. The third-order valence-electron chi connectivity index (χ3n) is 2.17. The van der Waals surface area contributed by atoms with E-state index in [-0.39, 0.29) is 0 Å². The molecule has 0 saturated heterocycles. The highest BCUT2D eigenvalue weighted by Gasteiger charge is 2.30. The molecule has 0 aromatic heterocycles. The Balaban J connectivity index is 2.36. The highest BCUT2D eigenvalue weighted by Crippen LogP contribution is 2.33. The summed E-state index contributed by atoms with van der Waals surface area (Å²) >= 11 is 0. The predicted molar refractivity (Wildman–Crippen MR) is 43.7 cm³/mol. The van der Waals surface area contributed by atoms with E-state index in [1.807, 2.05) is 0 Å². The smallest absolute Gasteiger partial charge is 0.247 e. The van der Waals surface area contributed by atoms with Gasteiger partial charge in [-0.3, -0.25) is 16.1 Å². The monoisotopic (exact) mass is 173 g/mol. The lowest BCUT2D eigenvalue weighted by Crippen LogP contribution is -2.50. The van der Waals surface area contributed by atoms with E-state index in [0.29, 0.717) is 5.92 Å². The van der Waals surface area contributed by atoms with E-state index >= 15 is 0 Å². The first-order valence-electron chi connectivity index (χ1n) is 4.08. The van der Waals surface area contributed by atoms with E-state index in [2.05, 4.69) is 5.43 Å². The normalized spacial score (nSPS) is 21.8. The minimum Gasteiger partial charge on any atom is -0.382 e. The topological polar surface area (TPSA) is 101 Å². The summed E-state index contributed by atoms with van der Waals surface area (Å²) in [5.41, 5.74) is 7.33. The number of aliphatic hydroxyl groups excluding tert-OH is 1. The summed E-state index contributed by atoms with van der Waals surface area (Å²) in [5, 5.41) is 9.25. The zero-order valence-corrected chi connectivity index (χ0v) is 6.86. The Morgan fingerprint density at radius 2 is 2.25 bits per heavy atom. The van der Waals surface area contributed by atoms with Crippen molar-refractivity contribution in [3.8, 4) is 0 Å². The molecule has 0 heterocycles. The molecule has 0 bridgehead atoms. The number of nitrogens with one attached hydrogen (secondary N) is 1. The molecule has 0 spiro atoms. The van der Waals surface area contributed by atoms with Crippen LogP contribution < -0.4 is 17.0 Å². The van der Waals surface area contributed by atoms with Gasteiger partial charge in [0.15, 0.2) is 0 Å². The second kappa shape index (κ2) is 3.84. The first-order valence-corrected chi connectivity index (χ1v) is 4.08. The Morgan fingerprint density at radius 3 is 2.58 bits per heavy atom. The second-order valence-corrected chi connectivity index (χ2v) is 3.30. The van der Waals surface area contributed by atoms with Crippen molar-refractivity contribution in [2.24, 2.45) is 17.5 Å². The van der Waals surface area contributed by atoms with Crippen molar-refractivity contribution in [1.29, 1.82) is 0 Å². The van der Waals surface area contributed by atoms with E-state index in [1.54, 1.807) is 0 Å². The molecule has 70 valence electrons. The van der Waals surface area contributed by atoms with Crippen LogP contribution in [-0.2, 0) is 4.79 Å². The number of hydrogen-bond acceptors (Lipinski definition) is 4. The number of hydrogen-bond donors (Lipinski definition) is 4. The fourth-order valence-corrected chi connectivity index (χ4v) is 1.20. The Morgan fingerprint density at radius 1 is 1.67 bits per heavy atom. The minimum atomic E-state index is -1.17. The SMILES string of the molecule is NNC(CC1CC1)C(O)C(N)=O. The zero-order chi connectivity index (χ0) is 9.14. The molecular weight excluding hydrogens is 158 g/mol. The summed E-state index contributed by atoms with van der Waals surface area (Å²) < 4.78 is 0. The zero-order valence-electron chi connectivity index (χ0n) is 6.86. The quantitative estimate of drug-likeness (QED) is 0.299. The first-order chi connectivity index (χ1) is 5.65. The first kappa shape index (κ1) is 9.44. The maximum atomic E-state index is 10.6. The van der Waals surface area contributed by atoms with Crippen LogP contribution in [0.15, 0.2) is 0 Å². The number of nitrogens with two attached hydrogens (primary N) is 2. The molecule has 1 saturated carbocycles. The van der Waals surface area contributed by atoms with Gasteiger partial charge in [-0.25, -0.2) is 0 Å². The fourth-order valence-electron chi connectivity index (χ4n) is 1.20. The molecule has 0 radical (unpaired) electrons. The summed E-state index contributed by atoms with van der Waals surface area (Å²) in [4.78, 5) is 10.6. The van der Waals surface area contributed by atoms with E-state index in [0.717, 1.165) is 19.3 Å². The van der Waals surface area contributed by atoms with Gasteiger partial charge in [-0.05, 0) is 12.3 Å². The number of rotatable bonds is 5. The summed E-state index contributed by atoms with van der Waals surface area (Å²) in [7, 11) is 0. The van der Waals surface area contributed by atoms with Crippen molar-refractivity contribution in [3.05, 3.63) is 0 Å². The summed E-state index contributed by atoms with van der Waals surface area (Å²) in [6, 6.07) is -0.394. The van der Waals surface area contributed by atoms with Crippen LogP contribution in [0.5, 0.6) is 0 Å². The van der Waals surface area contributed by atoms with Crippen LogP contribution in [0.1, 0.15) is 19.3 Å². The molecule has 5 heteroatoms. The molecule has 12 heavy (non-hydrogen) atoms. The second-order valence-electron chi connectivity index (χ2n) is 3.30. The lowest BCUT2D eigenvalue weighted by Gasteiger charge is -2.18. The average molecular weight is 173 g/mol. The maximum absolute atomic E-state index is 10.6. The van der Waals surface area contributed by atoms with Crippen LogP contribution in [0.3, 0.4) is 0 Å². The van der Waals surface area contributed by atoms with Gasteiger partial charge in [0, 0.05) is 0 Å². The van der Waals surface area contributed by atoms with Gasteiger partial charge in [0.05, 0.1) is 6.04 Å². The van der Waals surface area contributed by atoms with Crippen molar-refractivity contribution in [2.45, 2.75) is 31.4 Å². The Labute approximate surface area is 71.1 Å². The van der Waals surface area contributed by atoms with Crippen LogP contribution in [0.25, 0.3) is 0 Å².